The maximum Gasteiger partial charge on any atom is 0.121 e. The summed E-state index contributed by atoms with van der Waals surface area (Å²) in [5.41, 5.74) is 1.16. The number of anilines is 1. The molecule has 0 bridgehead atoms. The third-order valence-corrected chi connectivity index (χ3v) is 2.80. The lowest BCUT2D eigenvalue weighted by molar-refractivity contribution is 0.274. The summed E-state index contributed by atoms with van der Waals surface area (Å²) in [6.45, 7) is 2.85. The lowest BCUT2D eigenvalue weighted by Crippen LogP contribution is -2.11. The molecule has 0 amide bonds. The van der Waals surface area contributed by atoms with Gasteiger partial charge in [0.25, 0.3) is 0 Å². The van der Waals surface area contributed by atoms with Crippen molar-refractivity contribution in [2.75, 3.05) is 31.4 Å². The van der Waals surface area contributed by atoms with Crippen molar-refractivity contribution in [2.45, 2.75) is 6.92 Å². The number of hydrogen-bond acceptors (Lipinski definition) is 3. The number of ether oxygens (including phenoxy) is 1. The molecule has 1 atom stereocenters. The van der Waals surface area contributed by atoms with Crippen LogP contribution in [-0.4, -0.2) is 26.5 Å². The minimum Gasteiger partial charge on any atom is -0.493 e. The number of benzene rings is 1. The largest absolute Gasteiger partial charge is 0.493 e. The molecule has 1 unspecified atom stereocenters. The van der Waals surface area contributed by atoms with Crippen LogP contribution in [0.4, 0.5) is 5.69 Å². The molecule has 0 saturated heterocycles. The van der Waals surface area contributed by atoms with Gasteiger partial charge < -0.3 is 9.64 Å². The Bertz CT molecular complexity index is 301. The predicted molar refractivity (Wildman–Crippen MR) is 69.3 cm³/mol. The summed E-state index contributed by atoms with van der Waals surface area (Å²) in [5, 5.41) is 0. The van der Waals surface area contributed by atoms with E-state index in [9.17, 15) is 0 Å². The van der Waals surface area contributed by atoms with Gasteiger partial charge in [-0.25, -0.2) is 0 Å². The summed E-state index contributed by atoms with van der Waals surface area (Å²) in [6.07, 6.45) is 0. The summed E-state index contributed by atoms with van der Waals surface area (Å²) >= 11 is 4.23. The van der Waals surface area contributed by atoms with Gasteiger partial charge in [0.15, 0.2) is 0 Å². The Labute approximate surface area is 97.6 Å². The van der Waals surface area contributed by atoms with E-state index in [-0.39, 0.29) is 0 Å². The van der Waals surface area contributed by atoms with E-state index < -0.39 is 0 Å². The van der Waals surface area contributed by atoms with E-state index in [2.05, 4.69) is 30.5 Å². The van der Waals surface area contributed by atoms with Gasteiger partial charge in [-0.15, -0.1) is 0 Å². The standard InChI is InChI=1S/C12H19NOS/c1-10(9-15)8-14-12-6-4-5-11(7-12)13(2)3/h4-7,10,15H,8-9H2,1-3H3. The van der Waals surface area contributed by atoms with Crippen molar-refractivity contribution in [3.8, 4) is 5.75 Å². The van der Waals surface area contributed by atoms with E-state index in [1.165, 1.54) is 0 Å². The highest BCUT2D eigenvalue weighted by molar-refractivity contribution is 7.80. The molecule has 1 aromatic rings. The van der Waals surface area contributed by atoms with E-state index in [4.69, 9.17) is 4.74 Å². The summed E-state index contributed by atoms with van der Waals surface area (Å²) in [5.74, 6) is 2.26. The molecular formula is C12H19NOS. The van der Waals surface area contributed by atoms with Crippen molar-refractivity contribution >= 4 is 18.3 Å². The molecule has 0 saturated carbocycles. The van der Waals surface area contributed by atoms with E-state index in [0.29, 0.717) is 5.92 Å². The van der Waals surface area contributed by atoms with Crippen LogP contribution in [-0.2, 0) is 0 Å². The van der Waals surface area contributed by atoms with Crippen LogP contribution in [0.2, 0.25) is 0 Å². The van der Waals surface area contributed by atoms with Crippen LogP contribution < -0.4 is 9.64 Å². The lowest BCUT2D eigenvalue weighted by atomic mass is 10.2. The molecule has 0 spiro atoms. The van der Waals surface area contributed by atoms with Crippen molar-refractivity contribution in [1.82, 2.24) is 0 Å². The van der Waals surface area contributed by atoms with E-state index >= 15 is 0 Å². The van der Waals surface area contributed by atoms with Gasteiger partial charge in [0.2, 0.25) is 0 Å². The molecule has 0 aliphatic rings. The van der Waals surface area contributed by atoms with Crippen LogP contribution in [0.15, 0.2) is 24.3 Å². The maximum atomic E-state index is 5.67. The van der Waals surface area contributed by atoms with Crippen molar-refractivity contribution in [1.29, 1.82) is 0 Å². The Morgan fingerprint density at radius 1 is 1.40 bits per heavy atom. The molecule has 0 aliphatic heterocycles. The van der Waals surface area contributed by atoms with Crippen molar-refractivity contribution in [3.63, 3.8) is 0 Å². The number of rotatable bonds is 5. The second-order valence-electron chi connectivity index (χ2n) is 3.99. The highest BCUT2D eigenvalue weighted by atomic mass is 32.1. The first kappa shape index (κ1) is 12.2. The van der Waals surface area contributed by atoms with Crippen LogP contribution >= 0.6 is 12.6 Å². The van der Waals surface area contributed by atoms with Gasteiger partial charge in [-0.2, -0.15) is 12.6 Å². The average molecular weight is 225 g/mol. The first-order chi connectivity index (χ1) is 7.13. The zero-order valence-corrected chi connectivity index (χ0v) is 10.5. The maximum absolute atomic E-state index is 5.67. The number of nitrogens with zero attached hydrogens (tertiary/aromatic N) is 1. The molecule has 0 N–H and O–H groups in total. The predicted octanol–water partition coefficient (Wildman–Crippen LogP) is 2.70. The Hall–Kier alpha value is -0.830. The highest BCUT2D eigenvalue weighted by Crippen LogP contribution is 2.19. The quantitative estimate of drug-likeness (QED) is 0.774. The van der Waals surface area contributed by atoms with Gasteiger partial charge in [0.05, 0.1) is 6.61 Å². The van der Waals surface area contributed by atoms with E-state index in [0.717, 1.165) is 23.8 Å². The van der Waals surface area contributed by atoms with Crippen LogP contribution in [0.1, 0.15) is 6.92 Å². The summed E-state index contributed by atoms with van der Waals surface area (Å²) in [7, 11) is 4.05. The lowest BCUT2D eigenvalue weighted by Gasteiger charge is -2.15. The highest BCUT2D eigenvalue weighted by Gasteiger charge is 2.02. The zero-order chi connectivity index (χ0) is 11.3. The summed E-state index contributed by atoms with van der Waals surface area (Å²) in [4.78, 5) is 2.06. The van der Waals surface area contributed by atoms with Crippen molar-refractivity contribution < 1.29 is 4.74 Å². The molecule has 0 aromatic heterocycles. The normalized spacial score (nSPS) is 12.3. The van der Waals surface area contributed by atoms with Gasteiger partial charge in [-0.1, -0.05) is 13.0 Å². The average Bonchev–Trinajstić information content (AvgIpc) is 2.26. The smallest absolute Gasteiger partial charge is 0.121 e. The first-order valence-electron chi connectivity index (χ1n) is 5.14. The Morgan fingerprint density at radius 2 is 2.13 bits per heavy atom. The third-order valence-electron chi connectivity index (χ3n) is 2.18. The Morgan fingerprint density at radius 3 is 2.73 bits per heavy atom. The fraction of sp³-hybridized carbons (Fsp3) is 0.500. The zero-order valence-electron chi connectivity index (χ0n) is 9.60. The van der Waals surface area contributed by atoms with Crippen LogP contribution in [0.5, 0.6) is 5.75 Å². The molecule has 1 aromatic carbocycles. The van der Waals surface area contributed by atoms with Crippen LogP contribution in [0, 0.1) is 5.92 Å². The van der Waals surface area contributed by atoms with Crippen molar-refractivity contribution in [2.24, 2.45) is 5.92 Å². The van der Waals surface area contributed by atoms with Gasteiger partial charge in [-0.3, -0.25) is 0 Å². The molecule has 0 fully saturated rings. The fourth-order valence-corrected chi connectivity index (χ4v) is 1.25. The summed E-state index contributed by atoms with van der Waals surface area (Å²) in [6, 6.07) is 8.11. The Kier molecular flexibility index (Phi) is 4.82. The molecule has 15 heavy (non-hydrogen) atoms. The third kappa shape index (κ3) is 4.04. The second kappa shape index (κ2) is 5.91. The molecule has 0 heterocycles. The summed E-state index contributed by atoms with van der Waals surface area (Å²) < 4.78 is 5.67. The van der Waals surface area contributed by atoms with Gasteiger partial charge in [0.1, 0.15) is 5.75 Å². The minimum absolute atomic E-state index is 0.483. The van der Waals surface area contributed by atoms with Crippen LogP contribution in [0.25, 0.3) is 0 Å². The number of thiol groups is 1. The number of hydrogen-bond donors (Lipinski definition) is 1. The minimum atomic E-state index is 0.483. The van der Waals surface area contributed by atoms with Crippen LogP contribution in [0.3, 0.4) is 0 Å². The van der Waals surface area contributed by atoms with Gasteiger partial charge >= 0.3 is 0 Å². The SMILES string of the molecule is CC(CS)COc1cccc(N(C)C)c1. The second-order valence-corrected chi connectivity index (χ2v) is 4.36. The van der Waals surface area contributed by atoms with Gasteiger partial charge in [-0.05, 0) is 23.8 Å². The topological polar surface area (TPSA) is 12.5 Å². The molecular weight excluding hydrogens is 206 g/mol. The van der Waals surface area contributed by atoms with Gasteiger partial charge in [0, 0.05) is 25.8 Å². The van der Waals surface area contributed by atoms with Crippen molar-refractivity contribution in [3.05, 3.63) is 24.3 Å². The monoisotopic (exact) mass is 225 g/mol. The molecule has 3 heteroatoms. The Balaban J connectivity index is 2.58. The van der Waals surface area contributed by atoms with E-state index in [1.54, 1.807) is 0 Å². The molecule has 2 nitrogen and oxygen atoms in total. The van der Waals surface area contributed by atoms with E-state index in [1.807, 2.05) is 32.3 Å². The fourth-order valence-electron chi connectivity index (χ4n) is 1.14. The first-order valence-corrected chi connectivity index (χ1v) is 5.77. The molecule has 84 valence electrons. The molecule has 0 radical (unpaired) electrons. The molecule has 0 aliphatic carbocycles. The molecule has 1 rings (SSSR count).